The molecule has 5 heteroatoms. The molecule has 0 aliphatic rings. The van der Waals surface area contributed by atoms with E-state index in [1.54, 1.807) is 23.9 Å². The summed E-state index contributed by atoms with van der Waals surface area (Å²) < 4.78 is 13.8. The average Bonchev–Trinajstić information content (AvgIpc) is 2.43. The second kappa shape index (κ2) is 7.29. The van der Waals surface area contributed by atoms with Crippen molar-refractivity contribution in [3.63, 3.8) is 0 Å². The van der Waals surface area contributed by atoms with Gasteiger partial charge in [-0.25, -0.2) is 4.39 Å². The molecule has 0 unspecified atom stereocenters. The number of carbonyl (C=O) groups excluding carboxylic acids is 1. The standard InChI is InChI=1S/C14H19BrFNOS/c1-4-14(5-2,19-3)9-17-13(18)10-6-7-11(15)12(16)8-10/h6-8H,4-5,9H2,1-3H3,(H,17,18). The second-order valence-electron chi connectivity index (χ2n) is 4.41. The Bertz CT molecular complexity index is 441. The molecule has 106 valence electrons. The number of nitrogens with one attached hydrogen (secondary N) is 1. The summed E-state index contributed by atoms with van der Waals surface area (Å²) in [7, 11) is 0. The number of hydrogen-bond donors (Lipinski definition) is 1. The van der Waals surface area contributed by atoms with Crippen LogP contribution in [-0.4, -0.2) is 23.5 Å². The van der Waals surface area contributed by atoms with Crippen LogP contribution in [0.3, 0.4) is 0 Å². The number of halogens is 2. The van der Waals surface area contributed by atoms with Crippen LogP contribution in [0, 0.1) is 5.82 Å². The van der Waals surface area contributed by atoms with E-state index < -0.39 is 5.82 Å². The van der Waals surface area contributed by atoms with Gasteiger partial charge in [0.15, 0.2) is 0 Å². The lowest BCUT2D eigenvalue weighted by Gasteiger charge is -2.29. The number of thioether (sulfide) groups is 1. The van der Waals surface area contributed by atoms with Crippen molar-refractivity contribution in [3.8, 4) is 0 Å². The van der Waals surface area contributed by atoms with Crippen molar-refractivity contribution in [1.29, 1.82) is 0 Å². The number of amides is 1. The first-order valence-electron chi connectivity index (χ1n) is 6.26. The number of rotatable bonds is 6. The van der Waals surface area contributed by atoms with Crippen molar-refractivity contribution in [2.75, 3.05) is 12.8 Å². The summed E-state index contributed by atoms with van der Waals surface area (Å²) in [5.41, 5.74) is 0.350. The normalized spacial score (nSPS) is 11.4. The SMILES string of the molecule is CCC(CC)(CNC(=O)c1ccc(Br)c(F)c1)SC. The minimum Gasteiger partial charge on any atom is -0.351 e. The number of hydrogen-bond acceptors (Lipinski definition) is 2. The molecule has 0 saturated heterocycles. The van der Waals surface area contributed by atoms with Crippen LogP contribution in [0.15, 0.2) is 22.7 Å². The van der Waals surface area contributed by atoms with E-state index in [2.05, 4.69) is 41.3 Å². The zero-order valence-corrected chi connectivity index (χ0v) is 13.8. The summed E-state index contributed by atoms with van der Waals surface area (Å²) in [6.45, 7) is 4.83. The van der Waals surface area contributed by atoms with Gasteiger partial charge in [-0.1, -0.05) is 13.8 Å². The highest BCUT2D eigenvalue weighted by atomic mass is 79.9. The monoisotopic (exact) mass is 347 g/mol. The summed E-state index contributed by atoms with van der Waals surface area (Å²) in [4.78, 5) is 12.0. The predicted molar refractivity (Wildman–Crippen MR) is 83.3 cm³/mol. The van der Waals surface area contributed by atoms with Gasteiger partial charge in [-0.3, -0.25) is 4.79 Å². The van der Waals surface area contributed by atoms with E-state index in [-0.39, 0.29) is 10.7 Å². The molecule has 1 N–H and O–H groups in total. The van der Waals surface area contributed by atoms with Crippen LogP contribution >= 0.6 is 27.7 Å². The van der Waals surface area contributed by atoms with Gasteiger partial charge in [-0.15, -0.1) is 0 Å². The molecule has 0 fully saturated rings. The van der Waals surface area contributed by atoms with Crippen LogP contribution in [0.25, 0.3) is 0 Å². The van der Waals surface area contributed by atoms with E-state index in [1.807, 2.05) is 0 Å². The van der Waals surface area contributed by atoms with E-state index in [0.29, 0.717) is 16.6 Å². The number of carbonyl (C=O) groups is 1. The molecule has 1 aromatic carbocycles. The van der Waals surface area contributed by atoms with Gasteiger partial charge in [0.05, 0.1) is 4.47 Å². The van der Waals surface area contributed by atoms with Crippen LogP contribution in [0.1, 0.15) is 37.0 Å². The van der Waals surface area contributed by atoms with Gasteiger partial charge < -0.3 is 5.32 Å². The maximum atomic E-state index is 13.4. The van der Waals surface area contributed by atoms with Gasteiger partial charge in [-0.2, -0.15) is 11.8 Å². The molecule has 0 atom stereocenters. The van der Waals surface area contributed by atoms with Crippen LogP contribution < -0.4 is 5.32 Å². The van der Waals surface area contributed by atoms with Gasteiger partial charge in [0.25, 0.3) is 5.91 Å². The lowest BCUT2D eigenvalue weighted by atomic mass is 10.0. The molecule has 0 aromatic heterocycles. The quantitative estimate of drug-likeness (QED) is 0.833. The zero-order chi connectivity index (χ0) is 14.5. The highest BCUT2D eigenvalue weighted by molar-refractivity contribution is 9.10. The predicted octanol–water partition coefficient (Wildman–Crippen LogP) is 4.24. The first-order valence-corrected chi connectivity index (χ1v) is 8.28. The fourth-order valence-corrected chi connectivity index (χ4v) is 2.88. The maximum Gasteiger partial charge on any atom is 0.251 e. The molecular formula is C14H19BrFNOS. The van der Waals surface area contributed by atoms with Gasteiger partial charge >= 0.3 is 0 Å². The van der Waals surface area contributed by atoms with Crippen molar-refractivity contribution in [2.24, 2.45) is 0 Å². The Morgan fingerprint density at radius 1 is 1.42 bits per heavy atom. The molecule has 19 heavy (non-hydrogen) atoms. The third-order valence-corrected chi connectivity index (χ3v) is 5.71. The third-order valence-electron chi connectivity index (χ3n) is 3.47. The van der Waals surface area contributed by atoms with E-state index >= 15 is 0 Å². The first kappa shape index (κ1) is 16.5. The summed E-state index contributed by atoms with van der Waals surface area (Å²) in [5, 5.41) is 2.90. The molecule has 0 saturated carbocycles. The Morgan fingerprint density at radius 3 is 2.53 bits per heavy atom. The molecule has 0 aliphatic carbocycles. The Labute approximate surface area is 126 Å². The van der Waals surface area contributed by atoms with Crippen LogP contribution in [0.5, 0.6) is 0 Å². The molecule has 1 rings (SSSR count). The summed E-state index contributed by atoms with van der Waals surface area (Å²) >= 11 is 4.84. The summed E-state index contributed by atoms with van der Waals surface area (Å²) in [6, 6.07) is 4.41. The van der Waals surface area contributed by atoms with Crippen molar-refractivity contribution in [1.82, 2.24) is 5.32 Å². The first-order chi connectivity index (χ1) is 8.98. The van der Waals surface area contributed by atoms with E-state index in [4.69, 9.17) is 0 Å². The molecular weight excluding hydrogens is 329 g/mol. The van der Waals surface area contributed by atoms with E-state index in [0.717, 1.165) is 12.8 Å². The molecule has 0 aliphatic heterocycles. The fraction of sp³-hybridized carbons (Fsp3) is 0.500. The molecule has 2 nitrogen and oxygen atoms in total. The molecule has 0 spiro atoms. The van der Waals surface area contributed by atoms with Crippen molar-refractivity contribution in [3.05, 3.63) is 34.1 Å². The molecule has 0 radical (unpaired) electrons. The Kier molecular flexibility index (Phi) is 6.33. The minimum atomic E-state index is -0.422. The van der Waals surface area contributed by atoms with Crippen molar-refractivity contribution in [2.45, 2.75) is 31.4 Å². The number of benzene rings is 1. The summed E-state index contributed by atoms with van der Waals surface area (Å²) in [6.07, 6.45) is 4.03. The minimum absolute atomic E-state index is 0.0591. The van der Waals surface area contributed by atoms with Gasteiger partial charge in [0, 0.05) is 16.9 Å². The zero-order valence-electron chi connectivity index (χ0n) is 11.4. The van der Waals surface area contributed by atoms with Gasteiger partial charge in [-0.05, 0) is 53.2 Å². The van der Waals surface area contributed by atoms with Gasteiger partial charge in [0.1, 0.15) is 5.82 Å². The maximum absolute atomic E-state index is 13.4. The Hall–Kier alpha value is -0.550. The lowest BCUT2D eigenvalue weighted by molar-refractivity contribution is 0.0948. The third kappa shape index (κ3) is 4.21. The Morgan fingerprint density at radius 2 is 2.05 bits per heavy atom. The average molecular weight is 348 g/mol. The van der Waals surface area contributed by atoms with Crippen molar-refractivity contribution < 1.29 is 9.18 Å². The molecule has 1 aromatic rings. The van der Waals surface area contributed by atoms with Gasteiger partial charge in [0.2, 0.25) is 0 Å². The molecule has 0 bridgehead atoms. The largest absolute Gasteiger partial charge is 0.351 e. The summed E-state index contributed by atoms with van der Waals surface area (Å²) in [5.74, 6) is -0.651. The van der Waals surface area contributed by atoms with Crippen LogP contribution in [0.2, 0.25) is 0 Å². The highest BCUT2D eigenvalue weighted by Crippen LogP contribution is 2.29. The molecule has 1 amide bonds. The fourth-order valence-electron chi connectivity index (χ4n) is 1.84. The highest BCUT2D eigenvalue weighted by Gasteiger charge is 2.25. The lowest BCUT2D eigenvalue weighted by Crippen LogP contribution is -2.39. The Balaban J connectivity index is 2.72. The molecule has 0 heterocycles. The van der Waals surface area contributed by atoms with Crippen LogP contribution in [0.4, 0.5) is 4.39 Å². The smallest absolute Gasteiger partial charge is 0.251 e. The van der Waals surface area contributed by atoms with Crippen LogP contribution in [-0.2, 0) is 0 Å². The van der Waals surface area contributed by atoms with Crippen molar-refractivity contribution >= 4 is 33.6 Å². The van der Waals surface area contributed by atoms with E-state index in [1.165, 1.54) is 6.07 Å². The topological polar surface area (TPSA) is 29.1 Å². The van der Waals surface area contributed by atoms with E-state index in [9.17, 15) is 9.18 Å². The second-order valence-corrected chi connectivity index (χ2v) is 6.53.